The highest BCUT2D eigenvalue weighted by atomic mass is 19.4. The quantitative estimate of drug-likeness (QED) is 0.656. The second kappa shape index (κ2) is 9.10. The SMILES string of the molecule is CC(C)(C)OC(=O)N1CCN(C(=O)Nc2ccc(C(F)(F)F)cc2)C(c2ccccc2)C1. The molecule has 3 amide bonds. The Morgan fingerprint density at radius 3 is 2.16 bits per heavy atom. The van der Waals surface area contributed by atoms with Gasteiger partial charge in [-0.2, -0.15) is 13.2 Å². The molecule has 3 rings (SSSR count). The van der Waals surface area contributed by atoms with Gasteiger partial charge in [-0.25, -0.2) is 9.59 Å². The van der Waals surface area contributed by atoms with Gasteiger partial charge in [-0.3, -0.25) is 0 Å². The van der Waals surface area contributed by atoms with Gasteiger partial charge in [0.15, 0.2) is 0 Å². The number of benzene rings is 2. The van der Waals surface area contributed by atoms with Crippen molar-refractivity contribution in [2.45, 2.75) is 38.6 Å². The highest BCUT2D eigenvalue weighted by Crippen LogP contribution is 2.31. The molecule has 0 spiro atoms. The van der Waals surface area contributed by atoms with E-state index in [0.29, 0.717) is 0 Å². The van der Waals surface area contributed by atoms with E-state index in [4.69, 9.17) is 4.74 Å². The Bertz CT molecular complexity index is 941. The van der Waals surface area contributed by atoms with Gasteiger partial charge in [0.2, 0.25) is 0 Å². The Labute approximate surface area is 184 Å². The van der Waals surface area contributed by atoms with Gasteiger partial charge in [0.1, 0.15) is 5.60 Å². The third-order valence-corrected chi connectivity index (χ3v) is 4.94. The largest absolute Gasteiger partial charge is 0.444 e. The standard InChI is InChI=1S/C23H26F3N3O3/c1-22(2,3)32-21(31)28-13-14-29(19(15-28)16-7-5-4-6-8-16)20(30)27-18-11-9-17(10-12-18)23(24,25)26/h4-12,19H,13-15H2,1-3H3,(H,27,30). The number of alkyl halides is 3. The van der Waals surface area contributed by atoms with Crippen molar-refractivity contribution in [1.29, 1.82) is 0 Å². The van der Waals surface area contributed by atoms with Crippen LogP contribution >= 0.6 is 0 Å². The highest BCUT2D eigenvalue weighted by molar-refractivity contribution is 5.90. The molecule has 2 aromatic rings. The van der Waals surface area contributed by atoms with Gasteiger partial charge in [-0.05, 0) is 50.6 Å². The predicted molar refractivity (Wildman–Crippen MR) is 114 cm³/mol. The molecule has 1 fully saturated rings. The van der Waals surface area contributed by atoms with Gasteiger partial charge in [-0.15, -0.1) is 0 Å². The molecule has 0 aliphatic carbocycles. The summed E-state index contributed by atoms with van der Waals surface area (Å²) in [5.41, 5.74) is -0.340. The van der Waals surface area contributed by atoms with Crippen LogP contribution in [0.15, 0.2) is 54.6 Å². The van der Waals surface area contributed by atoms with Crippen molar-refractivity contribution in [3.05, 3.63) is 65.7 Å². The summed E-state index contributed by atoms with van der Waals surface area (Å²) in [6.45, 7) is 6.11. The van der Waals surface area contributed by atoms with Gasteiger partial charge in [0.25, 0.3) is 0 Å². The number of anilines is 1. The molecule has 6 nitrogen and oxygen atoms in total. The van der Waals surface area contributed by atoms with Crippen LogP contribution in [0, 0.1) is 0 Å². The number of amides is 3. The number of urea groups is 1. The molecule has 0 saturated carbocycles. The fourth-order valence-corrected chi connectivity index (χ4v) is 3.42. The maximum Gasteiger partial charge on any atom is 0.416 e. The van der Waals surface area contributed by atoms with Crippen LogP contribution < -0.4 is 5.32 Å². The number of carbonyl (C=O) groups is 2. The van der Waals surface area contributed by atoms with Crippen molar-refractivity contribution < 1.29 is 27.5 Å². The van der Waals surface area contributed by atoms with E-state index in [1.807, 2.05) is 30.3 Å². The van der Waals surface area contributed by atoms with Crippen molar-refractivity contribution in [3.63, 3.8) is 0 Å². The molecule has 172 valence electrons. The number of rotatable bonds is 2. The molecule has 1 aliphatic rings. The van der Waals surface area contributed by atoms with Crippen LogP contribution in [0.5, 0.6) is 0 Å². The molecule has 1 saturated heterocycles. The van der Waals surface area contributed by atoms with E-state index in [2.05, 4.69) is 5.32 Å². The fourth-order valence-electron chi connectivity index (χ4n) is 3.42. The second-order valence-corrected chi connectivity index (χ2v) is 8.55. The lowest BCUT2D eigenvalue weighted by molar-refractivity contribution is -0.137. The first-order valence-electron chi connectivity index (χ1n) is 10.2. The van der Waals surface area contributed by atoms with E-state index >= 15 is 0 Å². The molecule has 0 aromatic heterocycles. The Balaban J connectivity index is 1.77. The molecule has 32 heavy (non-hydrogen) atoms. The number of nitrogens with zero attached hydrogens (tertiary/aromatic N) is 2. The summed E-state index contributed by atoms with van der Waals surface area (Å²) < 4.78 is 43.8. The summed E-state index contributed by atoms with van der Waals surface area (Å²) in [7, 11) is 0. The van der Waals surface area contributed by atoms with E-state index < -0.39 is 35.5 Å². The zero-order valence-electron chi connectivity index (χ0n) is 18.1. The molecular formula is C23H26F3N3O3. The van der Waals surface area contributed by atoms with Crippen molar-refractivity contribution >= 4 is 17.8 Å². The van der Waals surface area contributed by atoms with Crippen molar-refractivity contribution in [2.75, 3.05) is 25.0 Å². The molecule has 1 heterocycles. The normalized spacial score (nSPS) is 17.1. The number of hydrogen-bond acceptors (Lipinski definition) is 3. The van der Waals surface area contributed by atoms with Crippen LogP contribution in [-0.2, 0) is 10.9 Å². The summed E-state index contributed by atoms with van der Waals surface area (Å²) in [4.78, 5) is 28.7. The maximum absolute atomic E-state index is 13.0. The van der Waals surface area contributed by atoms with E-state index in [9.17, 15) is 22.8 Å². The highest BCUT2D eigenvalue weighted by Gasteiger charge is 2.35. The summed E-state index contributed by atoms with van der Waals surface area (Å²) in [5, 5.41) is 2.66. The molecule has 1 N–H and O–H groups in total. The number of nitrogens with one attached hydrogen (secondary N) is 1. The lowest BCUT2D eigenvalue weighted by Gasteiger charge is -2.41. The van der Waals surface area contributed by atoms with Crippen LogP contribution in [0.2, 0.25) is 0 Å². The van der Waals surface area contributed by atoms with Crippen LogP contribution in [0.4, 0.5) is 28.4 Å². The minimum atomic E-state index is -4.45. The minimum absolute atomic E-state index is 0.235. The number of carbonyl (C=O) groups excluding carboxylic acids is 2. The number of piperazine rings is 1. The van der Waals surface area contributed by atoms with Gasteiger partial charge >= 0.3 is 18.3 Å². The van der Waals surface area contributed by atoms with Gasteiger partial charge in [0, 0.05) is 25.3 Å². The number of halogens is 3. The van der Waals surface area contributed by atoms with E-state index in [0.717, 1.165) is 17.7 Å². The summed E-state index contributed by atoms with van der Waals surface area (Å²) >= 11 is 0. The molecule has 2 aromatic carbocycles. The number of hydrogen-bond donors (Lipinski definition) is 1. The van der Waals surface area contributed by atoms with Crippen LogP contribution in [-0.4, -0.2) is 47.2 Å². The summed E-state index contributed by atoms with van der Waals surface area (Å²) in [6, 6.07) is 12.6. The fraction of sp³-hybridized carbons (Fsp3) is 0.391. The first-order valence-corrected chi connectivity index (χ1v) is 10.2. The lowest BCUT2D eigenvalue weighted by Crippen LogP contribution is -2.54. The molecule has 1 unspecified atom stereocenters. The average Bonchev–Trinajstić information content (AvgIpc) is 2.72. The minimum Gasteiger partial charge on any atom is -0.444 e. The lowest BCUT2D eigenvalue weighted by atomic mass is 10.0. The maximum atomic E-state index is 13.0. The molecule has 1 aliphatic heterocycles. The Morgan fingerprint density at radius 1 is 0.969 bits per heavy atom. The van der Waals surface area contributed by atoms with Crippen LogP contribution in [0.3, 0.4) is 0 Å². The van der Waals surface area contributed by atoms with E-state index in [1.165, 1.54) is 12.1 Å². The van der Waals surface area contributed by atoms with E-state index in [1.54, 1.807) is 30.6 Å². The van der Waals surface area contributed by atoms with Crippen molar-refractivity contribution in [3.8, 4) is 0 Å². The van der Waals surface area contributed by atoms with Crippen molar-refractivity contribution in [1.82, 2.24) is 9.80 Å². The zero-order chi connectivity index (χ0) is 23.5. The summed E-state index contributed by atoms with van der Waals surface area (Å²) in [5.74, 6) is 0. The predicted octanol–water partition coefficient (Wildman–Crippen LogP) is 5.53. The van der Waals surface area contributed by atoms with Gasteiger partial charge < -0.3 is 19.9 Å². The zero-order valence-corrected chi connectivity index (χ0v) is 18.1. The first kappa shape index (κ1) is 23.4. The van der Waals surface area contributed by atoms with E-state index in [-0.39, 0.29) is 25.3 Å². The monoisotopic (exact) mass is 449 g/mol. The molecule has 9 heteroatoms. The van der Waals surface area contributed by atoms with Crippen LogP contribution in [0.1, 0.15) is 37.9 Å². The van der Waals surface area contributed by atoms with Crippen molar-refractivity contribution in [2.24, 2.45) is 0 Å². The second-order valence-electron chi connectivity index (χ2n) is 8.55. The smallest absolute Gasteiger partial charge is 0.416 e. The van der Waals surface area contributed by atoms with Gasteiger partial charge in [0.05, 0.1) is 11.6 Å². The van der Waals surface area contributed by atoms with Gasteiger partial charge in [-0.1, -0.05) is 30.3 Å². The van der Waals surface area contributed by atoms with Crippen LogP contribution in [0.25, 0.3) is 0 Å². The average molecular weight is 449 g/mol. The first-order chi connectivity index (χ1) is 14.9. The third-order valence-electron chi connectivity index (χ3n) is 4.94. The Kier molecular flexibility index (Phi) is 6.66. The molecule has 0 bridgehead atoms. The topological polar surface area (TPSA) is 61.9 Å². The molecule has 1 atom stereocenters. The molecule has 0 radical (unpaired) electrons. The third kappa shape index (κ3) is 5.93. The Morgan fingerprint density at radius 2 is 1.59 bits per heavy atom. The number of ether oxygens (including phenoxy) is 1. The summed E-state index contributed by atoms with van der Waals surface area (Å²) in [6.07, 6.45) is -4.90. The molecular weight excluding hydrogens is 423 g/mol. The Hall–Kier alpha value is -3.23.